The second kappa shape index (κ2) is 8.42. The van der Waals surface area contributed by atoms with Crippen molar-refractivity contribution in [3.63, 3.8) is 0 Å². The lowest BCUT2D eigenvalue weighted by Crippen LogP contribution is -2.27. The summed E-state index contributed by atoms with van der Waals surface area (Å²) in [6.07, 6.45) is 0.220. The summed E-state index contributed by atoms with van der Waals surface area (Å²) in [5, 5.41) is 8.69. The van der Waals surface area contributed by atoms with Crippen LogP contribution in [0.2, 0.25) is 0 Å². The number of carbonyl (C=O) groups is 1. The van der Waals surface area contributed by atoms with E-state index in [4.69, 9.17) is 5.11 Å². The number of rotatable bonds is 6. The Balaban J connectivity index is 2.88. The Bertz CT molecular complexity index is 643. The molecule has 114 valence electrons. The largest absolute Gasteiger partial charge is 0.469 e. The van der Waals surface area contributed by atoms with Crippen molar-refractivity contribution in [2.75, 3.05) is 20.3 Å². The standard InChI is InChI=1S/C14H17NO5S/c1-20-14(17)9-10-15-21(18,19)13-8-3-2-6-12(13)7-4-5-11-16/h2-3,6,8,15-16H,5,9-11H2,1H3. The smallest absolute Gasteiger partial charge is 0.306 e. The average Bonchev–Trinajstić information content (AvgIpc) is 2.47. The highest BCUT2D eigenvalue weighted by atomic mass is 32.2. The molecule has 0 spiro atoms. The molecule has 0 fully saturated rings. The monoisotopic (exact) mass is 311 g/mol. The molecule has 0 saturated carbocycles. The number of ether oxygens (including phenoxy) is 1. The van der Waals surface area contributed by atoms with Crippen LogP contribution in [0.1, 0.15) is 18.4 Å². The normalized spacial score (nSPS) is 10.6. The molecule has 0 amide bonds. The molecule has 1 aromatic rings. The Morgan fingerprint density at radius 1 is 1.38 bits per heavy atom. The van der Waals surface area contributed by atoms with E-state index in [2.05, 4.69) is 21.3 Å². The summed E-state index contributed by atoms with van der Waals surface area (Å²) in [4.78, 5) is 11.0. The summed E-state index contributed by atoms with van der Waals surface area (Å²) in [5.74, 6) is 4.90. The maximum atomic E-state index is 12.2. The number of aliphatic hydroxyl groups excluding tert-OH is 1. The summed E-state index contributed by atoms with van der Waals surface area (Å²) in [6, 6.07) is 6.28. The molecular weight excluding hydrogens is 294 g/mol. The molecule has 1 aromatic carbocycles. The zero-order valence-corrected chi connectivity index (χ0v) is 12.4. The number of benzene rings is 1. The molecule has 2 N–H and O–H groups in total. The Hall–Kier alpha value is -1.88. The molecule has 6 nitrogen and oxygen atoms in total. The van der Waals surface area contributed by atoms with Crippen molar-refractivity contribution < 1.29 is 23.1 Å². The van der Waals surface area contributed by atoms with Crippen molar-refractivity contribution in [1.29, 1.82) is 0 Å². The zero-order chi connectivity index (χ0) is 15.7. The van der Waals surface area contributed by atoms with E-state index in [0.29, 0.717) is 5.56 Å². The first kappa shape index (κ1) is 17.2. The second-order valence-electron chi connectivity index (χ2n) is 4.00. The minimum absolute atomic E-state index is 0.0419. The maximum Gasteiger partial charge on any atom is 0.306 e. The third-order valence-corrected chi connectivity index (χ3v) is 4.00. The van der Waals surface area contributed by atoms with Gasteiger partial charge in [0.05, 0.1) is 25.0 Å². The predicted molar refractivity (Wildman–Crippen MR) is 76.8 cm³/mol. The fourth-order valence-electron chi connectivity index (χ4n) is 1.49. The minimum atomic E-state index is -3.75. The van der Waals surface area contributed by atoms with Crippen molar-refractivity contribution in [2.45, 2.75) is 17.7 Å². The number of methoxy groups -OCH3 is 1. The molecule has 21 heavy (non-hydrogen) atoms. The van der Waals surface area contributed by atoms with Crippen LogP contribution in [-0.4, -0.2) is 39.8 Å². The van der Waals surface area contributed by atoms with Crippen molar-refractivity contribution in [3.8, 4) is 11.8 Å². The Labute approximate surface area is 124 Å². The van der Waals surface area contributed by atoms with Crippen molar-refractivity contribution in [1.82, 2.24) is 4.72 Å². The number of aliphatic hydroxyl groups is 1. The van der Waals surface area contributed by atoms with Crippen LogP contribution in [0.25, 0.3) is 0 Å². The molecular formula is C14H17NO5S. The quantitative estimate of drug-likeness (QED) is 0.581. The lowest BCUT2D eigenvalue weighted by molar-refractivity contribution is -0.140. The summed E-state index contributed by atoms with van der Waals surface area (Å²) in [5.41, 5.74) is 0.344. The van der Waals surface area contributed by atoms with E-state index < -0.39 is 16.0 Å². The Morgan fingerprint density at radius 3 is 2.76 bits per heavy atom. The van der Waals surface area contributed by atoms with E-state index in [1.54, 1.807) is 18.2 Å². The van der Waals surface area contributed by atoms with Crippen molar-refractivity contribution in [2.24, 2.45) is 0 Å². The number of nitrogens with one attached hydrogen (secondary N) is 1. The van der Waals surface area contributed by atoms with Gasteiger partial charge in [-0.1, -0.05) is 24.0 Å². The van der Waals surface area contributed by atoms with Gasteiger partial charge >= 0.3 is 5.97 Å². The van der Waals surface area contributed by atoms with Crippen LogP contribution in [0.3, 0.4) is 0 Å². The molecule has 7 heteroatoms. The molecule has 0 aliphatic carbocycles. The maximum absolute atomic E-state index is 12.2. The van der Waals surface area contributed by atoms with Gasteiger partial charge in [0, 0.05) is 18.5 Å². The number of sulfonamides is 1. The SMILES string of the molecule is COC(=O)CCNS(=O)(=O)c1ccccc1C#CCCO. The second-order valence-corrected chi connectivity index (χ2v) is 5.73. The molecule has 1 rings (SSSR count). The Kier molecular flexibility index (Phi) is 6.88. The van der Waals surface area contributed by atoms with Crippen LogP contribution in [-0.2, 0) is 19.6 Å². The summed E-state index contributed by atoms with van der Waals surface area (Å²) in [6.45, 7) is -0.132. The third-order valence-electron chi connectivity index (χ3n) is 2.49. The number of hydrogen-bond donors (Lipinski definition) is 2. The van der Waals surface area contributed by atoms with Crippen LogP contribution in [0.5, 0.6) is 0 Å². The first-order valence-corrected chi connectivity index (χ1v) is 7.75. The predicted octanol–water partition coefficient (Wildman–Crippen LogP) is 0.262. The number of carbonyl (C=O) groups excluding carboxylic acids is 1. The van der Waals surface area contributed by atoms with Gasteiger partial charge in [-0.3, -0.25) is 4.79 Å². The zero-order valence-electron chi connectivity index (χ0n) is 11.6. The highest BCUT2D eigenvalue weighted by Gasteiger charge is 2.17. The van der Waals surface area contributed by atoms with Crippen LogP contribution >= 0.6 is 0 Å². The fourth-order valence-corrected chi connectivity index (χ4v) is 2.68. The fraction of sp³-hybridized carbons (Fsp3) is 0.357. The van der Waals surface area contributed by atoms with Crippen LogP contribution in [0.4, 0.5) is 0 Å². The van der Waals surface area contributed by atoms with Gasteiger partial charge in [-0.2, -0.15) is 0 Å². The van der Waals surface area contributed by atoms with E-state index in [0.717, 1.165) is 0 Å². The van der Waals surface area contributed by atoms with Gasteiger partial charge in [0.15, 0.2) is 0 Å². The van der Waals surface area contributed by atoms with Gasteiger partial charge in [-0.25, -0.2) is 13.1 Å². The summed E-state index contributed by atoms with van der Waals surface area (Å²) < 4.78 is 31.1. The number of hydrogen-bond acceptors (Lipinski definition) is 5. The molecule has 0 aromatic heterocycles. The first-order valence-electron chi connectivity index (χ1n) is 6.26. The van der Waals surface area contributed by atoms with Gasteiger partial charge in [-0.05, 0) is 12.1 Å². The molecule has 0 saturated heterocycles. The van der Waals surface area contributed by atoms with Crippen LogP contribution in [0, 0.1) is 11.8 Å². The summed E-state index contributed by atoms with van der Waals surface area (Å²) in [7, 11) is -2.52. The summed E-state index contributed by atoms with van der Waals surface area (Å²) >= 11 is 0. The van der Waals surface area contributed by atoms with Gasteiger partial charge < -0.3 is 9.84 Å². The first-order chi connectivity index (χ1) is 10.0. The lowest BCUT2D eigenvalue weighted by Gasteiger charge is -2.08. The van der Waals surface area contributed by atoms with Crippen molar-refractivity contribution in [3.05, 3.63) is 29.8 Å². The van der Waals surface area contributed by atoms with E-state index >= 15 is 0 Å². The molecule has 0 aliphatic heterocycles. The van der Waals surface area contributed by atoms with E-state index in [-0.39, 0.29) is 30.9 Å². The van der Waals surface area contributed by atoms with Gasteiger partial charge in [-0.15, -0.1) is 0 Å². The third kappa shape index (κ3) is 5.55. The molecule has 0 radical (unpaired) electrons. The average molecular weight is 311 g/mol. The molecule has 0 unspecified atom stereocenters. The van der Waals surface area contributed by atoms with Gasteiger partial charge in [0.2, 0.25) is 10.0 Å². The van der Waals surface area contributed by atoms with Crippen molar-refractivity contribution >= 4 is 16.0 Å². The Morgan fingerprint density at radius 2 is 2.10 bits per heavy atom. The molecule has 0 bridgehead atoms. The molecule has 0 heterocycles. The van der Waals surface area contributed by atoms with Gasteiger partial charge in [0.1, 0.15) is 0 Å². The van der Waals surface area contributed by atoms with E-state index in [1.807, 2.05) is 0 Å². The topological polar surface area (TPSA) is 92.7 Å². The van der Waals surface area contributed by atoms with E-state index in [1.165, 1.54) is 13.2 Å². The minimum Gasteiger partial charge on any atom is -0.469 e. The number of esters is 1. The highest BCUT2D eigenvalue weighted by molar-refractivity contribution is 7.89. The van der Waals surface area contributed by atoms with Gasteiger partial charge in [0.25, 0.3) is 0 Å². The molecule has 0 aliphatic rings. The highest BCUT2D eigenvalue weighted by Crippen LogP contribution is 2.14. The van der Waals surface area contributed by atoms with Crippen LogP contribution in [0.15, 0.2) is 29.2 Å². The lowest BCUT2D eigenvalue weighted by atomic mass is 10.2. The van der Waals surface area contributed by atoms with Crippen LogP contribution < -0.4 is 4.72 Å². The molecule has 0 atom stereocenters. The van der Waals surface area contributed by atoms with E-state index in [9.17, 15) is 13.2 Å².